The third-order valence-corrected chi connectivity index (χ3v) is 2.64. The molecule has 82 valence electrons. The van der Waals surface area contributed by atoms with Gasteiger partial charge in [-0.1, -0.05) is 37.3 Å². The molecule has 0 aliphatic carbocycles. The lowest BCUT2D eigenvalue weighted by Crippen LogP contribution is -2.05. The molecule has 0 radical (unpaired) electrons. The van der Waals surface area contributed by atoms with Crippen LogP contribution in [0, 0.1) is 0 Å². The van der Waals surface area contributed by atoms with E-state index in [4.69, 9.17) is 0 Å². The van der Waals surface area contributed by atoms with Gasteiger partial charge in [-0.05, 0) is 50.1 Å². The highest BCUT2D eigenvalue weighted by atomic mass is 14.8. The van der Waals surface area contributed by atoms with Gasteiger partial charge in [-0.25, -0.2) is 0 Å². The number of aryl methyl sites for hydroxylation is 1. The maximum Gasteiger partial charge on any atom is -0.00171 e. The molecule has 0 aromatic heterocycles. The first-order valence-electron chi connectivity index (χ1n) is 5.68. The number of hydrogen-bond donors (Lipinski definition) is 1. The average molecular weight is 203 g/mol. The normalized spacial score (nSPS) is 11.8. The van der Waals surface area contributed by atoms with E-state index < -0.39 is 0 Å². The van der Waals surface area contributed by atoms with E-state index in [9.17, 15) is 0 Å². The summed E-state index contributed by atoms with van der Waals surface area (Å²) in [6, 6.07) is 8.80. The second-order valence-corrected chi connectivity index (χ2v) is 3.83. The third kappa shape index (κ3) is 3.88. The van der Waals surface area contributed by atoms with Crippen molar-refractivity contribution in [3.8, 4) is 0 Å². The van der Waals surface area contributed by atoms with Gasteiger partial charge >= 0.3 is 0 Å². The zero-order chi connectivity index (χ0) is 11.1. The van der Waals surface area contributed by atoms with E-state index in [0.717, 1.165) is 19.4 Å². The summed E-state index contributed by atoms with van der Waals surface area (Å²) in [6.07, 6.45) is 4.50. The standard InChI is InChI=1S/C14H21N/c1-4-13-8-5-9-14(11-13)12(2)7-6-10-15-3/h5,7-9,11,15H,4,6,10H2,1-3H3/b12-7+. The monoisotopic (exact) mass is 203 g/mol. The van der Waals surface area contributed by atoms with Crippen molar-refractivity contribution >= 4 is 5.57 Å². The number of rotatable bonds is 5. The molecule has 0 fully saturated rings. The first kappa shape index (κ1) is 12.0. The molecule has 0 amide bonds. The topological polar surface area (TPSA) is 12.0 Å². The van der Waals surface area contributed by atoms with Gasteiger partial charge in [0, 0.05) is 0 Å². The lowest BCUT2D eigenvalue weighted by Gasteiger charge is -2.04. The molecule has 1 aromatic carbocycles. The molecule has 0 spiro atoms. The first-order valence-corrected chi connectivity index (χ1v) is 5.68. The summed E-state index contributed by atoms with van der Waals surface area (Å²) in [6.45, 7) is 5.43. The number of benzene rings is 1. The molecular weight excluding hydrogens is 182 g/mol. The van der Waals surface area contributed by atoms with Crippen molar-refractivity contribution in [2.45, 2.75) is 26.7 Å². The maximum atomic E-state index is 3.15. The summed E-state index contributed by atoms with van der Waals surface area (Å²) in [4.78, 5) is 0. The van der Waals surface area contributed by atoms with Crippen LogP contribution in [-0.2, 0) is 6.42 Å². The van der Waals surface area contributed by atoms with Gasteiger partial charge in [-0.15, -0.1) is 0 Å². The zero-order valence-corrected chi connectivity index (χ0v) is 10.0. The van der Waals surface area contributed by atoms with E-state index in [-0.39, 0.29) is 0 Å². The SMILES string of the molecule is CCc1cccc(/C(C)=C/CCNC)c1. The van der Waals surface area contributed by atoms with Gasteiger partial charge in [0.15, 0.2) is 0 Å². The van der Waals surface area contributed by atoms with Crippen LogP contribution in [0.3, 0.4) is 0 Å². The van der Waals surface area contributed by atoms with Crippen molar-refractivity contribution in [2.24, 2.45) is 0 Å². The molecule has 1 N–H and O–H groups in total. The number of hydrogen-bond acceptors (Lipinski definition) is 1. The van der Waals surface area contributed by atoms with Crippen LogP contribution in [0.1, 0.15) is 31.4 Å². The largest absolute Gasteiger partial charge is 0.319 e. The Morgan fingerprint density at radius 3 is 2.87 bits per heavy atom. The van der Waals surface area contributed by atoms with E-state index in [1.165, 1.54) is 16.7 Å². The second-order valence-electron chi connectivity index (χ2n) is 3.83. The van der Waals surface area contributed by atoms with Crippen LogP contribution in [0.4, 0.5) is 0 Å². The molecule has 0 saturated heterocycles. The predicted molar refractivity (Wildman–Crippen MR) is 68.0 cm³/mol. The van der Waals surface area contributed by atoms with Gasteiger partial charge < -0.3 is 5.32 Å². The molecular formula is C14H21N. The summed E-state index contributed by atoms with van der Waals surface area (Å²) in [5, 5.41) is 3.15. The highest BCUT2D eigenvalue weighted by Gasteiger charge is 1.96. The van der Waals surface area contributed by atoms with Crippen molar-refractivity contribution in [3.05, 3.63) is 41.5 Å². The Bertz CT molecular complexity index is 326. The minimum Gasteiger partial charge on any atom is -0.319 e. The summed E-state index contributed by atoms with van der Waals surface area (Å²) >= 11 is 0. The quantitative estimate of drug-likeness (QED) is 0.724. The van der Waals surface area contributed by atoms with E-state index in [1.54, 1.807) is 0 Å². The fourth-order valence-corrected chi connectivity index (χ4v) is 1.59. The first-order chi connectivity index (χ1) is 7.27. The minimum atomic E-state index is 1.05. The lowest BCUT2D eigenvalue weighted by atomic mass is 10.0. The van der Waals surface area contributed by atoms with Gasteiger partial charge in [0.05, 0.1) is 0 Å². The Morgan fingerprint density at radius 2 is 2.20 bits per heavy atom. The molecule has 0 heterocycles. The van der Waals surface area contributed by atoms with E-state index in [0.29, 0.717) is 0 Å². The molecule has 0 saturated carbocycles. The Morgan fingerprint density at radius 1 is 1.40 bits per heavy atom. The van der Waals surface area contributed by atoms with E-state index in [1.807, 2.05) is 7.05 Å². The highest BCUT2D eigenvalue weighted by molar-refractivity contribution is 5.64. The molecule has 1 aromatic rings. The minimum absolute atomic E-state index is 1.05. The van der Waals surface area contributed by atoms with Crippen LogP contribution in [0.2, 0.25) is 0 Å². The molecule has 0 atom stereocenters. The fourth-order valence-electron chi connectivity index (χ4n) is 1.59. The van der Waals surface area contributed by atoms with Gasteiger partial charge in [-0.3, -0.25) is 0 Å². The van der Waals surface area contributed by atoms with E-state index >= 15 is 0 Å². The highest BCUT2D eigenvalue weighted by Crippen LogP contribution is 2.16. The van der Waals surface area contributed by atoms with Crippen LogP contribution in [-0.4, -0.2) is 13.6 Å². The summed E-state index contributed by atoms with van der Waals surface area (Å²) < 4.78 is 0. The maximum absolute atomic E-state index is 3.15. The Balaban J connectivity index is 2.72. The van der Waals surface area contributed by atoms with Crippen LogP contribution < -0.4 is 5.32 Å². The van der Waals surface area contributed by atoms with Gasteiger partial charge in [0.25, 0.3) is 0 Å². The Hall–Kier alpha value is -1.08. The fraction of sp³-hybridized carbons (Fsp3) is 0.429. The zero-order valence-electron chi connectivity index (χ0n) is 10.0. The van der Waals surface area contributed by atoms with Crippen molar-refractivity contribution in [1.82, 2.24) is 5.32 Å². The van der Waals surface area contributed by atoms with Crippen molar-refractivity contribution in [2.75, 3.05) is 13.6 Å². The molecule has 15 heavy (non-hydrogen) atoms. The van der Waals surface area contributed by atoms with Crippen molar-refractivity contribution < 1.29 is 0 Å². The van der Waals surface area contributed by atoms with Gasteiger partial charge in [0.2, 0.25) is 0 Å². The molecule has 0 bridgehead atoms. The van der Waals surface area contributed by atoms with E-state index in [2.05, 4.69) is 49.5 Å². The lowest BCUT2D eigenvalue weighted by molar-refractivity contribution is 0.808. The average Bonchev–Trinajstić information content (AvgIpc) is 2.29. The molecule has 1 rings (SSSR count). The summed E-state index contributed by atoms with van der Waals surface area (Å²) in [5.74, 6) is 0. The molecule has 0 aliphatic heterocycles. The van der Waals surface area contributed by atoms with Crippen LogP contribution in [0.25, 0.3) is 5.57 Å². The summed E-state index contributed by atoms with van der Waals surface area (Å²) in [5.41, 5.74) is 4.14. The Labute approximate surface area is 93.2 Å². The second kappa shape index (κ2) is 6.41. The summed E-state index contributed by atoms with van der Waals surface area (Å²) in [7, 11) is 1.99. The van der Waals surface area contributed by atoms with Crippen LogP contribution in [0.5, 0.6) is 0 Å². The van der Waals surface area contributed by atoms with Crippen molar-refractivity contribution in [3.63, 3.8) is 0 Å². The number of allylic oxidation sites excluding steroid dienone is 1. The molecule has 1 heteroatoms. The third-order valence-electron chi connectivity index (χ3n) is 2.64. The smallest absolute Gasteiger partial charge is 0.00171 e. The number of nitrogens with one attached hydrogen (secondary N) is 1. The van der Waals surface area contributed by atoms with Crippen LogP contribution in [0.15, 0.2) is 30.3 Å². The molecule has 0 unspecified atom stereocenters. The van der Waals surface area contributed by atoms with Gasteiger partial charge in [-0.2, -0.15) is 0 Å². The van der Waals surface area contributed by atoms with Gasteiger partial charge in [0.1, 0.15) is 0 Å². The Kier molecular flexibility index (Phi) is 5.13. The molecule has 1 nitrogen and oxygen atoms in total. The predicted octanol–water partition coefficient (Wildman–Crippen LogP) is 3.26. The van der Waals surface area contributed by atoms with Crippen molar-refractivity contribution in [1.29, 1.82) is 0 Å². The molecule has 0 aliphatic rings. The van der Waals surface area contributed by atoms with Crippen LogP contribution >= 0.6 is 0 Å².